The lowest BCUT2D eigenvalue weighted by Gasteiger charge is -2.11. The normalized spacial score (nSPS) is 19.2. The van der Waals surface area contributed by atoms with Gasteiger partial charge in [0.2, 0.25) is 0 Å². The van der Waals surface area contributed by atoms with Crippen LogP contribution in [-0.4, -0.2) is 5.11 Å². The van der Waals surface area contributed by atoms with Gasteiger partial charge < -0.3 is 10.8 Å². The minimum Gasteiger partial charge on any atom is -0.398 e. The number of benzene rings is 1. The van der Waals surface area contributed by atoms with E-state index in [0.717, 1.165) is 29.7 Å². The van der Waals surface area contributed by atoms with Gasteiger partial charge in [0, 0.05) is 11.3 Å². The fourth-order valence-corrected chi connectivity index (χ4v) is 1.49. The molecule has 1 aliphatic carbocycles. The van der Waals surface area contributed by atoms with Crippen molar-refractivity contribution in [1.29, 1.82) is 0 Å². The number of rotatable bonds is 1. The molecule has 64 valence electrons. The van der Waals surface area contributed by atoms with E-state index >= 15 is 0 Å². The predicted octanol–water partition coefficient (Wildman–Crippen LogP) is 1.56. The summed E-state index contributed by atoms with van der Waals surface area (Å²) in [5.41, 5.74) is 7.94. The first-order valence-electron chi connectivity index (χ1n) is 4.21. The second-order valence-electron chi connectivity index (χ2n) is 3.62. The molecule has 1 aromatic carbocycles. The molecule has 0 saturated heterocycles. The van der Waals surface area contributed by atoms with Gasteiger partial charge in [0.25, 0.3) is 0 Å². The Morgan fingerprint density at radius 2 is 2.08 bits per heavy atom. The maximum absolute atomic E-state index is 9.79. The molecule has 0 atom stereocenters. The molecule has 1 saturated carbocycles. The van der Waals surface area contributed by atoms with Crippen molar-refractivity contribution in [3.05, 3.63) is 29.3 Å². The molecule has 1 fully saturated rings. The summed E-state index contributed by atoms with van der Waals surface area (Å²) in [6.07, 6.45) is 1.69. The maximum Gasteiger partial charge on any atom is 0.0918 e. The average molecular weight is 163 g/mol. The molecule has 0 aromatic heterocycles. The van der Waals surface area contributed by atoms with Gasteiger partial charge in [0.1, 0.15) is 0 Å². The lowest BCUT2D eigenvalue weighted by atomic mass is 10.0. The second kappa shape index (κ2) is 2.23. The third kappa shape index (κ3) is 1.08. The minimum absolute atomic E-state index is 0.599. The van der Waals surface area contributed by atoms with E-state index in [4.69, 9.17) is 5.73 Å². The van der Waals surface area contributed by atoms with Crippen LogP contribution < -0.4 is 5.73 Å². The summed E-state index contributed by atoms with van der Waals surface area (Å²) in [5, 5.41) is 9.79. The molecule has 2 nitrogen and oxygen atoms in total. The molecule has 1 aliphatic rings. The van der Waals surface area contributed by atoms with E-state index in [9.17, 15) is 5.11 Å². The number of nitrogens with two attached hydrogens (primary N) is 1. The number of aliphatic hydroxyl groups is 1. The standard InChI is InChI=1S/C10H13NO/c1-7-2-3-8(9(11)6-7)10(12)4-5-10/h2-3,6,12H,4-5,11H2,1H3. The third-order valence-corrected chi connectivity index (χ3v) is 2.43. The number of hydrogen-bond acceptors (Lipinski definition) is 2. The molecule has 0 amide bonds. The van der Waals surface area contributed by atoms with E-state index in [2.05, 4.69) is 0 Å². The summed E-state index contributed by atoms with van der Waals surface area (Å²) < 4.78 is 0. The highest BCUT2D eigenvalue weighted by molar-refractivity contribution is 5.53. The van der Waals surface area contributed by atoms with Crippen LogP contribution in [0.5, 0.6) is 0 Å². The molecule has 0 spiro atoms. The van der Waals surface area contributed by atoms with E-state index in [1.54, 1.807) is 0 Å². The van der Waals surface area contributed by atoms with Crippen LogP contribution in [0.1, 0.15) is 24.0 Å². The highest BCUT2D eigenvalue weighted by atomic mass is 16.3. The molecule has 2 heteroatoms. The molecule has 2 rings (SSSR count). The fourth-order valence-electron chi connectivity index (χ4n) is 1.49. The third-order valence-electron chi connectivity index (χ3n) is 2.43. The molecule has 1 aromatic rings. The van der Waals surface area contributed by atoms with Crippen LogP contribution in [0.3, 0.4) is 0 Å². The quantitative estimate of drug-likeness (QED) is 0.617. The zero-order chi connectivity index (χ0) is 8.77. The van der Waals surface area contributed by atoms with Crippen molar-refractivity contribution < 1.29 is 5.11 Å². The molecule has 3 N–H and O–H groups in total. The van der Waals surface area contributed by atoms with Gasteiger partial charge in [-0.3, -0.25) is 0 Å². The topological polar surface area (TPSA) is 46.2 Å². The molecule has 0 heterocycles. The van der Waals surface area contributed by atoms with Gasteiger partial charge in [0.15, 0.2) is 0 Å². The first-order valence-corrected chi connectivity index (χ1v) is 4.21. The molecule has 0 unspecified atom stereocenters. The number of aryl methyl sites for hydroxylation is 1. The van der Waals surface area contributed by atoms with Crippen LogP contribution in [0.15, 0.2) is 18.2 Å². The van der Waals surface area contributed by atoms with E-state index in [1.165, 1.54) is 0 Å². The molecular formula is C10H13NO. The lowest BCUT2D eigenvalue weighted by molar-refractivity contribution is 0.152. The summed E-state index contributed by atoms with van der Waals surface area (Å²) in [6.45, 7) is 2.00. The first kappa shape index (κ1) is 7.62. The van der Waals surface area contributed by atoms with Crippen molar-refractivity contribution >= 4 is 5.69 Å². The number of anilines is 1. The van der Waals surface area contributed by atoms with Crippen LogP contribution in [-0.2, 0) is 5.60 Å². The highest BCUT2D eigenvalue weighted by Gasteiger charge is 2.43. The van der Waals surface area contributed by atoms with Crippen LogP contribution in [0.2, 0.25) is 0 Å². The van der Waals surface area contributed by atoms with Crippen molar-refractivity contribution in [3.8, 4) is 0 Å². The van der Waals surface area contributed by atoms with Crippen LogP contribution in [0.25, 0.3) is 0 Å². The van der Waals surface area contributed by atoms with E-state index in [1.807, 2.05) is 25.1 Å². The molecule has 12 heavy (non-hydrogen) atoms. The van der Waals surface area contributed by atoms with Gasteiger partial charge in [0.05, 0.1) is 5.60 Å². The summed E-state index contributed by atoms with van der Waals surface area (Å²) in [6, 6.07) is 5.82. The van der Waals surface area contributed by atoms with Gasteiger partial charge in [-0.15, -0.1) is 0 Å². The minimum atomic E-state index is -0.599. The Kier molecular flexibility index (Phi) is 1.42. The summed E-state index contributed by atoms with van der Waals surface area (Å²) in [4.78, 5) is 0. The molecule has 0 radical (unpaired) electrons. The SMILES string of the molecule is Cc1ccc(C2(O)CC2)c(N)c1. The van der Waals surface area contributed by atoms with Crippen molar-refractivity contribution in [1.82, 2.24) is 0 Å². The summed E-state index contributed by atoms with van der Waals surface area (Å²) in [7, 11) is 0. The smallest absolute Gasteiger partial charge is 0.0918 e. The maximum atomic E-state index is 9.79. The Balaban J connectivity index is 2.45. The lowest BCUT2D eigenvalue weighted by Crippen LogP contribution is -2.07. The van der Waals surface area contributed by atoms with Gasteiger partial charge >= 0.3 is 0 Å². The summed E-state index contributed by atoms with van der Waals surface area (Å²) in [5.74, 6) is 0. The average Bonchev–Trinajstić information content (AvgIpc) is 2.68. The second-order valence-corrected chi connectivity index (χ2v) is 3.62. The van der Waals surface area contributed by atoms with Crippen molar-refractivity contribution in [2.24, 2.45) is 0 Å². The van der Waals surface area contributed by atoms with Crippen molar-refractivity contribution in [3.63, 3.8) is 0 Å². The molecule has 0 bridgehead atoms. The predicted molar refractivity (Wildman–Crippen MR) is 48.7 cm³/mol. The highest BCUT2D eigenvalue weighted by Crippen LogP contribution is 2.47. The van der Waals surface area contributed by atoms with Gasteiger partial charge in [-0.25, -0.2) is 0 Å². The Bertz CT molecular complexity index is 316. The summed E-state index contributed by atoms with van der Waals surface area (Å²) >= 11 is 0. The molecular weight excluding hydrogens is 150 g/mol. The van der Waals surface area contributed by atoms with E-state index in [0.29, 0.717) is 0 Å². The van der Waals surface area contributed by atoms with Crippen molar-refractivity contribution in [2.45, 2.75) is 25.4 Å². The first-order chi connectivity index (χ1) is 5.62. The van der Waals surface area contributed by atoms with Gasteiger partial charge in [-0.05, 0) is 31.4 Å². The monoisotopic (exact) mass is 163 g/mol. The number of nitrogen functional groups attached to an aromatic ring is 1. The Hall–Kier alpha value is -1.02. The largest absolute Gasteiger partial charge is 0.398 e. The van der Waals surface area contributed by atoms with Gasteiger partial charge in [-0.1, -0.05) is 12.1 Å². The van der Waals surface area contributed by atoms with Crippen LogP contribution >= 0.6 is 0 Å². The fraction of sp³-hybridized carbons (Fsp3) is 0.400. The van der Waals surface area contributed by atoms with E-state index < -0.39 is 5.60 Å². The molecule has 0 aliphatic heterocycles. The van der Waals surface area contributed by atoms with Gasteiger partial charge in [-0.2, -0.15) is 0 Å². The Morgan fingerprint density at radius 3 is 2.58 bits per heavy atom. The van der Waals surface area contributed by atoms with Crippen molar-refractivity contribution in [2.75, 3.05) is 5.73 Å². The zero-order valence-electron chi connectivity index (χ0n) is 7.17. The zero-order valence-corrected chi connectivity index (χ0v) is 7.17. The Morgan fingerprint density at radius 1 is 1.42 bits per heavy atom. The van der Waals surface area contributed by atoms with Crippen LogP contribution in [0, 0.1) is 6.92 Å². The number of hydrogen-bond donors (Lipinski definition) is 2. The van der Waals surface area contributed by atoms with E-state index in [-0.39, 0.29) is 0 Å². The Labute approximate surface area is 72.0 Å². The van der Waals surface area contributed by atoms with Crippen LogP contribution in [0.4, 0.5) is 5.69 Å².